The predicted octanol–water partition coefficient (Wildman–Crippen LogP) is 2.84. The SMILES string of the molecule is CSc1ccc(C(=O)NCC(N)c2ccccc2)cc1. The zero-order valence-corrected chi connectivity index (χ0v) is 12.2. The summed E-state index contributed by atoms with van der Waals surface area (Å²) in [4.78, 5) is 13.1. The van der Waals surface area contributed by atoms with Crippen LogP contribution >= 0.6 is 11.8 Å². The Morgan fingerprint density at radius 3 is 2.40 bits per heavy atom. The van der Waals surface area contributed by atoms with Crippen LogP contribution in [0, 0.1) is 0 Å². The van der Waals surface area contributed by atoms with E-state index in [2.05, 4.69) is 5.32 Å². The second kappa shape index (κ2) is 7.12. The molecule has 1 amide bonds. The third kappa shape index (κ3) is 3.85. The van der Waals surface area contributed by atoms with Crippen LogP contribution in [0.5, 0.6) is 0 Å². The number of hydrogen-bond acceptors (Lipinski definition) is 3. The van der Waals surface area contributed by atoms with E-state index in [9.17, 15) is 4.79 Å². The summed E-state index contributed by atoms with van der Waals surface area (Å²) in [5.74, 6) is -0.0935. The third-order valence-corrected chi connectivity index (χ3v) is 3.81. The van der Waals surface area contributed by atoms with Crippen LogP contribution in [0.2, 0.25) is 0 Å². The second-order valence-electron chi connectivity index (χ2n) is 4.46. The Hall–Kier alpha value is -1.78. The van der Waals surface area contributed by atoms with Crippen molar-refractivity contribution < 1.29 is 4.79 Å². The van der Waals surface area contributed by atoms with E-state index in [0.29, 0.717) is 12.1 Å². The summed E-state index contributed by atoms with van der Waals surface area (Å²) in [7, 11) is 0. The van der Waals surface area contributed by atoms with Gasteiger partial charge in [0.15, 0.2) is 0 Å². The zero-order chi connectivity index (χ0) is 14.4. The molecule has 0 heterocycles. The first-order valence-electron chi connectivity index (χ1n) is 6.43. The molecule has 3 N–H and O–H groups in total. The Bertz CT molecular complexity index is 554. The minimum Gasteiger partial charge on any atom is -0.350 e. The maximum Gasteiger partial charge on any atom is 0.251 e. The van der Waals surface area contributed by atoms with Crippen molar-refractivity contribution in [1.29, 1.82) is 0 Å². The van der Waals surface area contributed by atoms with Gasteiger partial charge < -0.3 is 11.1 Å². The van der Waals surface area contributed by atoms with Crippen molar-refractivity contribution in [2.75, 3.05) is 12.8 Å². The summed E-state index contributed by atoms with van der Waals surface area (Å²) in [6.45, 7) is 0.424. The topological polar surface area (TPSA) is 55.1 Å². The van der Waals surface area contributed by atoms with E-state index in [-0.39, 0.29) is 11.9 Å². The molecule has 0 aromatic heterocycles. The monoisotopic (exact) mass is 286 g/mol. The van der Waals surface area contributed by atoms with Crippen LogP contribution in [0.1, 0.15) is 22.0 Å². The van der Waals surface area contributed by atoms with Gasteiger partial charge in [0.1, 0.15) is 0 Å². The van der Waals surface area contributed by atoms with Gasteiger partial charge in [0, 0.05) is 23.0 Å². The summed E-state index contributed by atoms with van der Waals surface area (Å²) >= 11 is 1.65. The smallest absolute Gasteiger partial charge is 0.251 e. The number of rotatable bonds is 5. The highest BCUT2D eigenvalue weighted by molar-refractivity contribution is 7.98. The molecule has 3 nitrogen and oxygen atoms in total. The highest BCUT2D eigenvalue weighted by Gasteiger charge is 2.09. The van der Waals surface area contributed by atoms with Gasteiger partial charge in [-0.15, -0.1) is 11.8 Å². The van der Waals surface area contributed by atoms with E-state index in [1.807, 2.05) is 60.9 Å². The number of carbonyl (C=O) groups is 1. The summed E-state index contributed by atoms with van der Waals surface area (Å²) < 4.78 is 0. The van der Waals surface area contributed by atoms with Crippen LogP contribution in [-0.4, -0.2) is 18.7 Å². The van der Waals surface area contributed by atoms with Gasteiger partial charge in [0.25, 0.3) is 5.91 Å². The molecule has 0 aliphatic carbocycles. The number of carbonyl (C=O) groups excluding carboxylic acids is 1. The van der Waals surface area contributed by atoms with Crippen molar-refractivity contribution in [3.63, 3.8) is 0 Å². The number of nitrogens with one attached hydrogen (secondary N) is 1. The van der Waals surface area contributed by atoms with Crippen molar-refractivity contribution >= 4 is 17.7 Å². The fraction of sp³-hybridized carbons (Fsp3) is 0.188. The highest BCUT2D eigenvalue weighted by Crippen LogP contribution is 2.15. The number of hydrogen-bond donors (Lipinski definition) is 2. The minimum absolute atomic E-state index is 0.0935. The fourth-order valence-corrected chi connectivity index (χ4v) is 2.27. The lowest BCUT2D eigenvalue weighted by molar-refractivity contribution is 0.0951. The van der Waals surface area contributed by atoms with E-state index in [4.69, 9.17) is 5.73 Å². The molecule has 0 bridgehead atoms. The third-order valence-electron chi connectivity index (χ3n) is 3.06. The van der Waals surface area contributed by atoms with Gasteiger partial charge in [-0.05, 0) is 36.1 Å². The fourth-order valence-electron chi connectivity index (χ4n) is 1.87. The van der Waals surface area contributed by atoms with Gasteiger partial charge in [-0.2, -0.15) is 0 Å². The van der Waals surface area contributed by atoms with Crippen molar-refractivity contribution in [3.05, 3.63) is 65.7 Å². The van der Waals surface area contributed by atoms with Gasteiger partial charge in [-0.25, -0.2) is 0 Å². The molecule has 0 aliphatic heterocycles. The first-order valence-corrected chi connectivity index (χ1v) is 7.66. The Kier molecular flexibility index (Phi) is 5.21. The van der Waals surface area contributed by atoms with Gasteiger partial charge >= 0.3 is 0 Å². The molecule has 0 spiro atoms. The maximum absolute atomic E-state index is 12.0. The summed E-state index contributed by atoms with van der Waals surface area (Å²) in [5.41, 5.74) is 7.72. The molecule has 0 aliphatic rings. The van der Waals surface area contributed by atoms with Gasteiger partial charge in [0.2, 0.25) is 0 Å². The Balaban J connectivity index is 1.91. The van der Waals surface area contributed by atoms with Gasteiger partial charge in [0.05, 0.1) is 0 Å². The van der Waals surface area contributed by atoms with E-state index in [1.54, 1.807) is 11.8 Å². The van der Waals surface area contributed by atoms with Crippen LogP contribution in [0.4, 0.5) is 0 Å². The molecule has 0 saturated heterocycles. The Labute approximate surface area is 123 Å². The van der Waals surface area contributed by atoms with Crippen molar-refractivity contribution in [2.24, 2.45) is 5.73 Å². The Morgan fingerprint density at radius 1 is 1.15 bits per heavy atom. The van der Waals surface area contributed by atoms with E-state index < -0.39 is 0 Å². The van der Waals surface area contributed by atoms with Gasteiger partial charge in [-0.3, -0.25) is 4.79 Å². The lowest BCUT2D eigenvalue weighted by atomic mass is 10.1. The number of nitrogens with two attached hydrogens (primary N) is 1. The Morgan fingerprint density at radius 2 is 1.80 bits per heavy atom. The quantitative estimate of drug-likeness (QED) is 0.831. The largest absolute Gasteiger partial charge is 0.350 e. The average molecular weight is 286 g/mol. The molecular formula is C16H18N2OS. The van der Waals surface area contributed by atoms with E-state index >= 15 is 0 Å². The normalized spacial score (nSPS) is 11.9. The van der Waals surface area contributed by atoms with Crippen molar-refractivity contribution in [1.82, 2.24) is 5.32 Å². The minimum atomic E-state index is -0.189. The molecule has 4 heteroatoms. The molecule has 1 unspecified atom stereocenters. The standard InChI is InChI=1S/C16H18N2OS/c1-20-14-9-7-13(8-10-14)16(19)18-11-15(17)12-5-3-2-4-6-12/h2-10,15H,11,17H2,1H3,(H,18,19). The molecular weight excluding hydrogens is 268 g/mol. The molecule has 1 atom stereocenters. The first kappa shape index (κ1) is 14.6. The van der Waals surface area contributed by atoms with Crippen LogP contribution in [-0.2, 0) is 0 Å². The van der Waals surface area contributed by atoms with Gasteiger partial charge in [-0.1, -0.05) is 30.3 Å². The predicted molar refractivity (Wildman–Crippen MR) is 83.9 cm³/mol. The van der Waals surface area contributed by atoms with E-state index in [1.165, 1.54) is 0 Å². The second-order valence-corrected chi connectivity index (χ2v) is 5.34. The highest BCUT2D eigenvalue weighted by atomic mass is 32.2. The zero-order valence-electron chi connectivity index (χ0n) is 11.4. The molecule has 2 rings (SSSR count). The molecule has 20 heavy (non-hydrogen) atoms. The number of amides is 1. The first-order chi connectivity index (χ1) is 9.70. The molecule has 104 valence electrons. The summed E-state index contributed by atoms with van der Waals surface area (Å²) in [6.07, 6.45) is 2.01. The average Bonchev–Trinajstić information content (AvgIpc) is 2.53. The lowest BCUT2D eigenvalue weighted by Crippen LogP contribution is -2.31. The molecule has 0 saturated carbocycles. The van der Waals surface area contributed by atoms with Crippen LogP contribution in [0.15, 0.2) is 59.5 Å². The molecule has 2 aromatic carbocycles. The van der Waals surface area contributed by atoms with Crippen LogP contribution < -0.4 is 11.1 Å². The summed E-state index contributed by atoms with van der Waals surface area (Å²) in [6, 6.07) is 17.1. The molecule has 2 aromatic rings. The maximum atomic E-state index is 12.0. The molecule has 0 fully saturated rings. The number of benzene rings is 2. The van der Waals surface area contributed by atoms with E-state index in [0.717, 1.165) is 10.5 Å². The number of thioether (sulfide) groups is 1. The molecule has 0 radical (unpaired) electrons. The van der Waals surface area contributed by atoms with Crippen LogP contribution in [0.3, 0.4) is 0 Å². The van der Waals surface area contributed by atoms with Crippen molar-refractivity contribution in [3.8, 4) is 0 Å². The van der Waals surface area contributed by atoms with Crippen LogP contribution in [0.25, 0.3) is 0 Å². The van der Waals surface area contributed by atoms with Crippen molar-refractivity contribution in [2.45, 2.75) is 10.9 Å². The lowest BCUT2D eigenvalue weighted by Gasteiger charge is -2.13. The summed E-state index contributed by atoms with van der Waals surface area (Å²) in [5, 5.41) is 2.86.